The van der Waals surface area contributed by atoms with E-state index in [0.29, 0.717) is 17.5 Å². The van der Waals surface area contributed by atoms with E-state index in [2.05, 4.69) is 15.3 Å². The van der Waals surface area contributed by atoms with Gasteiger partial charge in [0, 0.05) is 36.2 Å². The normalized spacial score (nSPS) is 22.2. The number of rotatable bonds is 7. The monoisotopic (exact) mass is 534 g/mol. The summed E-state index contributed by atoms with van der Waals surface area (Å²) in [6.07, 6.45) is 5.84. The summed E-state index contributed by atoms with van der Waals surface area (Å²) in [4.78, 5) is 36.9. The van der Waals surface area contributed by atoms with Crippen LogP contribution in [0.3, 0.4) is 0 Å². The molecule has 0 saturated carbocycles. The van der Waals surface area contributed by atoms with Crippen molar-refractivity contribution in [2.24, 2.45) is 5.92 Å². The molecule has 3 heterocycles. The zero-order chi connectivity index (χ0) is 27.6. The molecule has 0 spiro atoms. The topological polar surface area (TPSA) is 103 Å². The first-order valence-corrected chi connectivity index (χ1v) is 14.2. The molecule has 2 aliphatic rings. The SMILES string of the molecule is CC(C)[C@@H](NC(=O)OC(C)(C)C)C(=O)N1CCCC[C@H]1CSc1ncc(B2OC(C)(C)C(C)(C)O2)cn1. The van der Waals surface area contributed by atoms with E-state index in [1.165, 1.54) is 11.8 Å². The van der Waals surface area contributed by atoms with E-state index in [0.717, 1.165) is 24.7 Å². The largest absolute Gasteiger partial charge is 0.498 e. The lowest BCUT2D eigenvalue weighted by Crippen LogP contribution is -2.56. The minimum absolute atomic E-state index is 0.0410. The smallest absolute Gasteiger partial charge is 0.444 e. The summed E-state index contributed by atoms with van der Waals surface area (Å²) in [5, 5.41) is 3.45. The number of likely N-dealkylation sites (tertiary alicyclic amines) is 1. The number of aromatic nitrogens is 2. The highest BCUT2D eigenvalue weighted by Crippen LogP contribution is 2.36. The highest BCUT2D eigenvalue weighted by atomic mass is 32.2. The molecule has 11 heteroatoms. The molecule has 1 N–H and O–H groups in total. The van der Waals surface area contributed by atoms with Gasteiger partial charge < -0.3 is 24.3 Å². The molecule has 2 atom stereocenters. The van der Waals surface area contributed by atoms with Crippen molar-refractivity contribution < 1.29 is 23.6 Å². The predicted molar refractivity (Wildman–Crippen MR) is 146 cm³/mol. The van der Waals surface area contributed by atoms with Crippen molar-refractivity contribution in [1.29, 1.82) is 0 Å². The molecule has 0 unspecified atom stereocenters. The highest BCUT2D eigenvalue weighted by Gasteiger charge is 2.52. The Morgan fingerprint density at radius 3 is 2.30 bits per heavy atom. The van der Waals surface area contributed by atoms with Crippen LogP contribution in [0, 0.1) is 5.92 Å². The molecule has 2 aliphatic heterocycles. The number of amides is 2. The Bertz CT molecular complexity index is 935. The standard InChI is InChI=1S/C26H43BN4O5S/c1-17(2)20(30-23(33)34-24(3,4)5)21(32)31-13-11-10-12-19(31)16-37-22-28-14-18(15-29-22)27-35-25(6,7)26(8,9)36-27/h14-15,17,19-20H,10-13,16H2,1-9H3,(H,30,33)/t19-,20+/m0/s1. The number of thioether (sulfide) groups is 1. The van der Waals surface area contributed by atoms with Crippen molar-refractivity contribution in [2.45, 2.75) is 116 Å². The first kappa shape index (κ1) is 29.7. The Morgan fingerprint density at radius 1 is 1.16 bits per heavy atom. The molecular weight excluding hydrogens is 491 g/mol. The molecule has 0 bridgehead atoms. The maximum atomic E-state index is 13.5. The molecule has 206 valence electrons. The van der Waals surface area contributed by atoms with Crippen molar-refractivity contribution in [3.63, 3.8) is 0 Å². The fourth-order valence-corrected chi connectivity index (χ4v) is 5.21. The van der Waals surface area contributed by atoms with Gasteiger partial charge in [-0.05, 0) is 73.6 Å². The van der Waals surface area contributed by atoms with Crippen molar-refractivity contribution >= 4 is 36.3 Å². The quantitative estimate of drug-likeness (QED) is 0.320. The second-order valence-corrected chi connectivity index (χ2v) is 13.2. The molecule has 3 rings (SSSR count). The van der Waals surface area contributed by atoms with Crippen LogP contribution in [0.1, 0.15) is 81.6 Å². The molecule has 2 saturated heterocycles. The van der Waals surface area contributed by atoms with Gasteiger partial charge in [0.25, 0.3) is 0 Å². The molecule has 2 fully saturated rings. The van der Waals surface area contributed by atoms with Gasteiger partial charge in [-0.1, -0.05) is 25.6 Å². The Morgan fingerprint density at radius 2 is 1.76 bits per heavy atom. The number of hydrogen-bond acceptors (Lipinski definition) is 8. The van der Waals surface area contributed by atoms with Crippen LogP contribution < -0.4 is 10.8 Å². The molecule has 2 amide bonds. The molecule has 0 radical (unpaired) electrons. The molecular formula is C26H43BN4O5S. The van der Waals surface area contributed by atoms with Gasteiger partial charge in [0.05, 0.1) is 11.2 Å². The van der Waals surface area contributed by atoms with Gasteiger partial charge in [-0.2, -0.15) is 0 Å². The summed E-state index contributed by atoms with van der Waals surface area (Å²) in [6.45, 7) is 18.0. The number of alkyl carbamates (subject to hydrolysis) is 1. The van der Waals surface area contributed by atoms with E-state index in [1.54, 1.807) is 33.2 Å². The van der Waals surface area contributed by atoms with Gasteiger partial charge in [-0.25, -0.2) is 14.8 Å². The Balaban J connectivity index is 1.62. The fourth-order valence-electron chi connectivity index (χ4n) is 4.26. The lowest BCUT2D eigenvalue weighted by Gasteiger charge is -2.38. The Labute approximate surface area is 226 Å². The van der Waals surface area contributed by atoms with E-state index >= 15 is 0 Å². The summed E-state index contributed by atoms with van der Waals surface area (Å²) < 4.78 is 17.6. The maximum Gasteiger partial charge on any atom is 0.498 e. The molecule has 0 aromatic carbocycles. The summed E-state index contributed by atoms with van der Waals surface area (Å²) in [5.41, 5.74) is -0.690. The van der Waals surface area contributed by atoms with Crippen LogP contribution in [-0.4, -0.2) is 75.2 Å². The van der Waals surface area contributed by atoms with Crippen LogP contribution in [0.4, 0.5) is 4.79 Å². The van der Waals surface area contributed by atoms with Crippen LogP contribution in [0.15, 0.2) is 17.6 Å². The number of carbonyl (C=O) groups is 2. The lowest BCUT2D eigenvalue weighted by atomic mass is 9.81. The van der Waals surface area contributed by atoms with Crippen molar-refractivity contribution in [3.05, 3.63) is 12.4 Å². The van der Waals surface area contributed by atoms with Crippen LogP contribution in [0.2, 0.25) is 0 Å². The number of hydrogen-bond donors (Lipinski definition) is 1. The van der Waals surface area contributed by atoms with Crippen molar-refractivity contribution in [1.82, 2.24) is 20.2 Å². The second-order valence-electron chi connectivity index (χ2n) is 12.2. The molecule has 1 aromatic rings. The molecule has 1 aromatic heterocycles. The van der Waals surface area contributed by atoms with E-state index in [1.807, 2.05) is 46.4 Å². The highest BCUT2D eigenvalue weighted by molar-refractivity contribution is 7.99. The zero-order valence-electron chi connectivity index (χ0n) is 23.8. The first-order valence-electron chi connectivity index (χ1n) is 13.2. The fraction of sp³-hybridized carbons (Fsp3) is 0.769. The summed E-state index contributed by atoms with van der Waals surface area (Å²) in [7, 11) is -0.499. The minimum Gasteiger partial charge on any atom is -0.444 e. The van der Waals surface area contributed by atoms with E-state index < -0.39 is 36.1 Å². The van der Waals surface area contributed by atoms with Gasteiger partial charge in [-0.15, -0.1) is 0 Å². The molecule has 0 aliphatic carbocycles. The second kappa shape index (κ2) is 11.5. The lowest BCUT2D eigenvalue weighted by molar-refractivity contribution is -0.137. The molecule has 37 heavy (non-hydrogen) atoms. The minimum atomic E-state index is -0.643. The Hall–Kier alpha value is -1.85. The van der Waals surface area contributed by atoms with Crippen LogP contribution in [0.5, 0.6) is 0 Å². The third kappa shape index (κ3) is 7.60. The number of nitrogens with one attached hydrogen (secondary N) is 1. The van der Waals surface area contributed by atoms with Gasteiger partial charge in [0.15, 0.2) is 5.16 Å². The van der Waals surface area contributed by atoms with E-state index in [-0.39, 0.29) is 17.9 Å². The summed E-state index contributed by atoms with van der Waals surface area (Å²) >= 11 is 1.53. The van der Waals surface area contributed by atoms with E-state index in [9.17, 15) is 9.59 Å². The van der Waals surface area contributed by atoms with Crippen molar-refractivity contribution in [2.75, 3.05) is 12.3 Å². The third-order valence-corrected chi connectivity index (χ3v) is 8.11. The van der Waals surface area contributed by atoms with Crippen molar-refractivity contribution in [3.8, 4) is 0 Å². The zero-order valence-corrected chi connectivity index (χ0v) is 24.6. The van der Waals surface area contributed by atoms with Crippen LogP contribution in [0.25, 0.3) is 0 Å². The number of piperidine rings is 1. The summed E-state index contributed by atoms with van der Waals surface area (Å²) in [5.74, 6) is 0.544. The van der Waals surface area contributed by atoms with Crippen LogP contribution in [-0.2, 0) is 18.8 Å². The number of carbonyl (C=O) groups excluding carboxylic acids is 2. The average Bonchev–Trinajstić information content (AvgIpc) is 3.01. The molecule has 9 nitrogen and oxygen atoms in total. The van der Waals surface area contributed by atoms with Gasteiger partial charge in [0.2, 0.25) is 5.91 Å². The first-order chi connectivity index (χ1) is 17.1. The number of ether oxygens (including phenoxy) is 1. The average molecular weight is 535 g/mol. The third-order valence-electron chi connectivity index (χ3n) is 7.09. The van der Waals surface area contributed by atoms with E-state index in [4.69, 9.17) is 14.0 Å². The predicted octanol–water partition coefficient (Wildman–Crippen LogP) is 3.80. The van der Waals surface area contributed by atoms with Gasteiger partial charge >= 0.3 is 13.2 Å². The van der Waals surface area contributed by atoms with Crippen LogP contribution >= 0.6 is 11.8 Å². The van der Waals surface area contributed by atoms with Gasteiger partial charge in [0.1, 0.15) is 11.6 Å². The maximum absolute atomic E-state index is 13.5. The number of nitrogens with zero attached hydrogens (tertiary/aromatic N) is 3. The Kier molecular flexibility index (Phi) is 9.23. The van der Waals surface area contributed by atoms with Gasteiger partial charge in [-0.3, -0.25) is 4.79 Å². The summed E-state index contributed by atoms with van der Waals surface area (Å²) in [6, 6.07) is -0.602.